The molecule has 6 nitrogen and oxygen atoms in total. The summed E-state index contributed by atoms with van der Waals surface area (Å²) in [5.41, 5.74) is -0.636. The van der Waals surface area contributed by atoms with Gasteiger partial charge in [0.25, 0.3) is 5.91 Å². The Morgan fingerprint density at radius 1 is 1.13 bits per heavy atom. The van der Waals surface area contributed by atoms with Gasteiger partial charge in [-0.05, 0) is 62.1 Å². The molecule has 0 bridgehead atoms. The lowest BCUT2D eigenvalue weighted by molar-refractivity contribution is -0.140. The molecule has 238 valence electrons. The number of carboxylic acid groups (broad SMARTS) is 1. The van der Waals surface area contributed by atoms with Crippen molar-refractivity contribution in [3.63, 3.8) is 0 Å². The Hall–Kier alpha value is -3.25. The summed E-state index contributed by atoms with van der Waals surface area (Å²) in [6.07, 6.45) is 4.85. The topological polar surface area (TPSA) is 82.5 Å². The fraction of sp³-hybridized carbons (Fsp3) is 0.344. The maximum Gasteiger partial charge on any atom is 0.419 e. The molecule has 1 aliphatic carbocycles. The van der Waals surface area contributed by atoms with Crippen molar-refractivity contribution in [2.75, 3.05) is 18.4 Å². The Bertz CT molecular complexity index is 1670. The van der Waals surface area contributed by atoms with Crippen LogP contribution in [0.3, 0.4) is 0 Å². The number of halogens is 6. The highest BCUT2D eigenvalue weighted by atomic mass is 35.5. The Labute approximate surface area is 271 Å². The maximum atomic E-state index is 15.4. The van der Waals surface area contributed by atoms with Crippen molar-refractivity contribution >= 4 is 63.2 Å². The standard InChI is InChI=1S/C32H29Cl2F4N3O3S/c1-17(30(43)44)14-22-24(33)15-19(16-25(22)34)29(42)40-31-39-27(21-8-5-9-23(26(21)35)32(36,37)38)28(45-31)18-10-12-41(13-11-18)20-6-3-2-4-7-20/h5,8-10,14-16,20H,2-4,6-7,11-13H2,1H3,(H,43,44)(H,39,40,42)/b17-14+. The van der Waals surface area contributed by atoms with E-state index in [4.69, 9.17) is 28.3 Å². The number of aromatic nitrogens is 1. The Kier molecular flexibility index (Phi) is 10.0. The lowest BCUT2D eigenvalue weighted by Gasteiger charge is -2.36. The molecule has 1 aromatic heterocycles. The van der Waals surface area contributed by atoms with Gasteiger partial charge in [-0.3, -0.25) is 15.0 Å². The number of amides is 1. The first-order valence-corrected chi connectivity index (χ1v) is 15.9. The third-order valence-corrected chi connectivity index (χ3v) is 9.74. The summed E-state index contributed by atoms with van der Waals surface area (Å²) in [6.45, 7) is 2.78. The maximum absolute atomic E-state index is 15.4. The van der Waals surface area contributed by atoms with Gasteiger partial charge in [0, 0.05) is 41.4 Å². The van der Waals surface area contributed by atoms with Crippen molar-refractivity contribution in [3.8, 4) is 11.3 Å². The van der Waals surface area contributed by atoms with Crippen LogP contribution >= 0.6 is 34.5 Å². The normalized spacial score (nSPS) is 16.9. The zero-order valence-electron chi connectivity index (χ0n) is 24.1. The van der Waals surface area contributed by atoms with E-state index in [0.29, 0.717) is 30.0 Å². The molecule has 1 amide bonds. The van der Waals surface area contributed by atoms with Crippen LogP contribution < -0.4 is 5.32 Å². The molecule has 2 N–H and O–H groups in total. The highest BCUT2D eigenvalue weighted by Gasteiger charge is 2.36. The molecule has 5 rings (SSSR count). The van der Waals surface area contributed by atoms with Crippen molar-refractivity contribution in [1.82, 2.24) is 9.88 Å². The van der Waals surface area contributed by atoms with E-state index in [1.54, 1.807) is 0 Å². The Morgan fingerprint density at radius 2 is 1.82 bits per heavy atom. The van der Waals surface area contributed by atoms with Crippen LogP contribution in [-0.2, 0) is 11.0 Å². The van der Waals surface area contributed by atoms with Crippen LogP contribution in [0.15, 0.2) is 42.0 Å². The summed E-state index contributed by atoms with van der Waals surface area (Å²) in [6, 6.07) is 6.18. The van der Waals surface area contributed by atoms with Crippen LogP contribution in [-0.4, -0.2) is 46.0 Å². The summed E-state index contributed by atoms with van der Waals surface area (Å²) in [5.74, 6) is -3.26. The predicted molar refractivity (Wildman–Crippen MR) is 169 cm³/mol. The zero-order chi connectivity index (χ0) is 32.5. The summed E-state index contributed by atoms with van der Waals surface area (Å²) in [7, 11) is 0. The minimum absolute atomic E-state index is 0.0111. The molecule has 0 unspecified atom stereocenters. The first-order chi connectivity index (χ1) is 21.3. The highest BCUT2D eigenvalue weighted by molar-refractivity contribution is 7.17. The molecular weight excluding hydrogens is 653 g/mol. The van der Waals surface area contributed by atoms with Crippen LogP contribution in [0.4, 0.5) is 22.7 Å². The lowest BCUT2D eigenvalue weighted by atomic mass is 9.92. The molecule has 13 heteroatoms. The number of hydrogen-bond donors (Lipinski definition) is 2. The van der Waals surface area contributed by atoms with E-state index in [0.717, 1.165) is 42.4 Å². The average Bonchev–Trinajstić information content (AvgIpc) is 3.42. The number of thiazole rings is 1. The molecule has 0 atom stereocenters. The van der Waals surface area contributed by atoms with Crippen molar-refractivity contribution < 1.29 is 32.3 Å². The van der Waals surface area contributed by atoms with Gasteiger partial charge in [-0.15, -0.1) is 0 Å². The minimum Gasteiger partial charge on any atom is -0.478 e. The van der Waals surface area contributed by atoms with Crippen LogP contribution in [0.1, 0.15) is 71.8 Å². The van der Waals surface area contributed by atoms with Gasteiger partial charge in [0.2, 0.25) is 0 Å². The first kappa shape index (κ1) is 33.1. The largest absolute Gasteiger partial charge is 0.478 e. The molecule has 45 heavy (non-hydrogen) atoms. The molecule has 0 radical (unpaired) electrons. The van der Waals surface area contributed by atoms with Gasteiger partial charge in [-0.2, -0.15) is 13.2 Å². The monoisotopic (exact) mass is 681 g/mol. The van der Waals surface area contributed by atoms with Crippen LogP contribution in [0.25, 0.3) is 22.9 Å². The molecule has 2 heterocycles. The number of carbonyl (C=O) groups excluding carboxylic acids is 1. The van der Waals surface area contributed by atoms with Crippen molar-refractivity contribution in [2.45, 2.75) is 57.7 Å². The van der Waals surface area contributed by atoms with Crippen LogP contribution in [0, 0.1) is 5.82 Å². The molecule has 2 aliphatic rings. The number of alkyl halides is 3. The third-order valence-electron chi connectivity index (χ3n) is 8.07. The first-order valence-electron chi connectivity index (χ1n) is 14.4. The number of hydrogen-bond acceptors (Lipinski definition) is 5. The van der Waals surface area contributed by atoms with Gasteiger partial charge < -0.3 is 5.11 Å². The number of nitrogens with zero attached hydrogens (tertiary/aromatic N) is 2. The number of anilines is 1. The van der Waals surface area contributed by atoms with Gasteiger partial charge in [0.15, 0.2) is 5.13 Å². The summed E-state index contributed by atoms with van der Waals surface area (Å²) >= 11 is 13.7. The second-order valence-corrected chi connectivity index (χ2v) is 12.9. The molecular formula is C32H29Cl2F4N3O3S. The van der Waals surface area contributed by atoms with E-state index in [1.165, 1.54) is 50.5 Å². The molecule has 3 aromatic rings. The third kappa shape index (κ3) is 7.43. The average molecular weight is 683 g/mol. The second-order valence-electron chi connectivity index (χ2n) is 11.1. The number of benzene rings is 2. The van der Waals surface area contributed by atoms with Gasteiger partial charge in [0.05, 0.1) is 26.2 Å². The molecule has 1 fully saturated rings. The van der Waals surface area contributed by atoms with Crippen LogP contribution in [0.2, 0.25) is 10.0 Å². The van der Waals surface area contributed by atoms with Gasteiger partial charge in [0.1, 0.15) is 5.82 Å². The fourth-order valence-corrected chi connectivity index (χ4v) is 7.32. The van der Waals surface area contributed by atoms with E-state index in [1.807, 2.05) is 6.08 Å². The van der Waals surface area contributed by atoms with Gasteiger partial charge >= 0.3 is 12.1 Å². The van der Waals surface area contributed by atoms with Crippen molar-refractivity contribution in [3.05, 3.63) is 79.4 Å². The van der Waals surface area contributed by atoms with Gasteiger partial charge in [-0.25, -0.2) is 14.2 Å². The molecule has 0 saturated heterocycles. The van der Waals surface area contributed by atoms with Gasteiger partial charge in [-0.1, -0.05) is 65.9 Å². The van der Waals surface area contributed by atoms with E-state index in [9.17, 15) is 22.8 Å². The van der Waals surface area contributed by atoms with E-state index in [2.05, 4.69) is 15.2 Å². The predicted octanol–water partition coefficient (Wildman–Crippen LogP) is 9.44. The van der Waals surface area contributed by atoms with Crippen molar-refractivity contribution in [2.24, 2.45) is 0 Å². The molecule has 2 aromatic carbocycles. The lowest BCUT2D eigenvalue weighted by Crippen LogP contribution is -2.39. The number of nitrogens with one attached hydrogen (secondary N) is 1. The molecule has 0 spiro atoms. The summed E-state index contributed by atoms with van der Waals surface area (Å²) in [4.78, 5) is 31.8. The highest BCUT2D eigenvalue weighted by Crippen LogP contribution is 2.42. The number of carbonyl (C=O) groups is 2. The number of aliphatic carboxylic acids is 1. The van der Waals surface area contributed by atoms with Crippen LogP contribution in [0.5, 0.6) is 0 Å². The quantitative estimate of drug-likeness (QED) is 0.192. The Morgan fingerprint density at radius 3 is 2.42 bits per heavy atom. The SMILES string of the molecule is C/C(=C\c1c(Cl)cc(C(=O)Nc2nc(-c3cccc(C(F)(F)F)c3F)c(C3=CCN(C4CCCCC4)CC3)s2)cc1Cl)C(=O)O. The zero-order valence-corrected chi connectivity index (χ0v) is 26.4. The molecule has 1 saturated carbocycles. The minimum atomic E-state index is -4.90. The number of rotatable bonds is 7. The smallest absolute Gasteiger partial charge is 0.419 e. The van der Waals surface area contributed by atoms with Crippen molar-refractivity contribution in [1.29, 1.82) is 0 Å². The van der Waals surface area contributed by atoms with E-state index in [-0.39, 0.29) is 43.1 Å². The number of carboxylic acids is 1. The Balaban J connectivity index is 1.49. The van der Waals surface area contributed by atoms with E-state index < -0.39 is 29.4 Å². The summed E-state index contributed by atoms with van der Waals surface area (Å²) in [5, 5.41) is 11.9. The second kappa shape index (κ2) is 13.6. The molecule has 1 aliphatic heterocycles. The van der Waals surface area contributed by atoms with E-state index >= 15 is 4.39 Å². The summed E-state index contributed by atoms with van der Waals surface area (Å²) < 4.78 is 56.2. The fourth-order valence-electron chi connectivity index (χ4n) is 5.68.